The molecular weight excluding hydrogens is 425 g/mol. The van der Waals surface area contributed by atoms with Crippen LogP contribution in [0.5, 0.6) is 5.75 Å². The monoisotopic (exact) mass is 443 g/mol. The van der Waals surface area contributed by atoms with Crippen molar-refractivity contribution in [1.29, 1.82) is 0 Å². The Morgan fingerprint density at radius 1 is 0.875 bits per heavy atom. The average molecular weight is 444 g/mol. The molecule has 1 N–H and O–H groups in total. The van der Waals surface area contributed by atoms with E-state index in [4.69, 9.17) is 21.3 Å². The zero-order valence-corrected chi connectivity index (χ0v) is 17.8. The van der Waals surface area contributed by atoms with Crippen molar-refractivity contribution in [2.75, 3.05) is 0 Å². The van der Waals surface area contributed by atoms with E-state index in [-0.39, 0.29) is 5.82 Å². The number of aromatic nitrogens is 3. The van der Waals surface area contributed by atoms with Gasteiger partial charge in [0.15, 0.2) is 11.6 Å². The van der Waals surface area contributed by atoms with Crippen LogP contribution in [-0.4, -0.2) is 15.0 Å². The Hall–Kier alpha value is -3.70. The highest BCUT2D eigenvalue weighted by Gasteiger charge is 2.12. The van der Waals surface area contributed by atoms with E-state index in [1.54, 1.807) is 12.1 Å². The fraction of sp³-hybridized carbons (Fsp3) is 0.0769. The normalized spacial score (nSPS) is 11.1. The molecule has 5 aromatic rings. The third kappa shape index (κ3) is 4.34. The van der Waals surface area contributed by atoms with Crippen LogP contribution >= 0.6 is 11.6 Å². The van der Waals surface area contributed by atoms with Gasteiger partial charge in [-0.05, 0) is 48.0 Å². The Labute approximate surface area is 189 Å². The van der Waals surface area contributed by atoms with Gasteiger partial charge in [0.2, 0.25) is 0 Å². The lowest BCUT2D eigenvalue weighted by atomic mass is 10.1. The number of halogens is 2. The van der Waals surface area contributed by atoms with Crippen LogP contribution in [0.3, 0.4) is 0 Å². The molecule has 0 saturated carbocycles. The van der Waals surface area contributed by atoms with E-state index >= 15 is 0 Å². The third-order valence-electron chi connectivity index (χ3n) is 5.14. The van der Waals surface area contributed by atoms with Crippen LogP contribution in [0.1, 0.15) is 16.8 Å². The van der Waals surface area contributed by atoms with Crippen LogP contribution in [0, 0.1) is 5.82 Å². The van der Waals surface area contributed by atoms with Gasteiger partial charge < -0.3 is 9.72 Å². The summed E-state index contributed by atoms with van der Waals surface area (Å²) >= 11 is 6.26. The number of para-hydroxylation sites is 1. The number of pyridine rings is 1. The maximum atomic E-state index is 14.0. The van der Waals surface area contributed by atoms with E-state index in [1.165, 1.54) is 6.07 Å². The van der Waals surface area contributed by atoms with Gasteiger partial charge in [0.1, 0.15) is 23.6 Å². The molecule has 0 amide bonds. The predicted molar refractivity (Wildman–Crippen MR) is 124 cm³/mol. The molecule has 0 unspecified atom stereocenters. The summed E-state index contributed by atoms with van der Waals surface area (Å²) in [6.07, 6.45) is 0.535. The standard InChI is InChI=1S/C26H19ClFN3O/c27-19-12-13-24(32-16-17-6-2-1-3-7-17)18(14-19)15-20-8-4-11-23(29-20)26-30-22-10-5-9-21(28)25(22)31-26/h1-14H,15-16H2,(H,30,31). The van der Waals surface area contributed by atoms with Crippen LogP contribution in [0.2, 0.25) is 5.02 Å². The Morgan fingerprint density at radius 2 is 1.72 bits per heavy atom. The number of ether oxygens (including phenoxy) is 1. The van der Waals surface area contributed by atoms with E-state index < -0.39 is 0 Å². The molecule has 3 aromatic carbocycles. The first-order valence-corrected chi connectivity index (χ1v) is 10.6. The van der Waals surface area contributed by atoms with Crippen LogP contribution in [-0.2, 0) is 13.0 Å². The van der Waals surface area contributed by atoms with Crippen molar-refractivity contribution in [3.63, 3.8) is 0 Å². The second-order valence-corrected chi connectivity index (χ2v) is 7.88. The van der Waals surface area contributed by atoms with Gasteiger partial charge in [0.25, 0.3) is 0 Å². The molecular formula is C26H19ClFN3O. The van der Waals surface area contributed by atoms with Crippen molar-refractivity contribution in [2.45, 2.75) is 13.0 Å². The second kappa shape index (κ2) is 8.81. The second-order valence-electron chi connectivity index (χ2n) is 7.44. The van der Waals surface area contributed by atoms with Crippen LogP contribution < -0.4 is 4.74 Å². The molecule has 0 aliphatic rings. The zero-order chi connectivity index (χ0) is 21.9. The summed E-state index contributed by atoms with van der Waals surface area (Å²) in [5.41, 5.74) is 4.45. The number of nitrogens with one attached hydrogen (secondary N) is 1. The molecule has 6 heteroatoms. The molecule has 0 bridgehead atoms. The summed E-state index contributed by atoms with van der Waals surface area (Å²) < 4.78 is 20.1. The summed E-state index contributed by atoms with van der Waals surface area (Å²) in [5.74, 6) is 0.926. The summed E-state index contributed by atoms with van der Waals surface area (Å²) in [4.78, 5) is 12.3. The highest BCUT2D eigenvalue weighted by atomic mass is 35.5. The molecule has 32 heavy (non-hydrogen) atoms. The smallest absolute Gasteiger partial charge is 0.157 e. The predicted octanol–water partition coefficient (Wildman–Crippen LogP) is 6.59. The van der Waals surface area contributed by atoms with Crippen LogP contribution in [0.4, 0.5) is 4.39 Å². The van der Waals surface area contributed by atoms with Gasteiger partial charge in [-0.25, -0.2) is 14.4 Å². The molecule has 0 spiro atoms. The number of imidazole rings is 1. The van der Waals surface area contributed by atoms with Crippen LogP contribution in [0.25, 0.3) is 22.6 Å². The topological polar surface area (TPSA) is 50.8 Å². The highest BCUT2D eigenvalue weighted by molar-refractivity contribution is 6.30. The molecule has 0 radical (unpaired) electrons. The third-order valence-corrected chi connectivity index (χ3v) is 5.38. The summed E-state index contributed by atoms with van der Waals surface area (Å²) in [7, 11) is 0. The van der Waals surface area contributed by atoms with Gasteiger partial charge in [-0.15, -0.1) is 0 Å². The van der Waals surface area contributed by atoms with E-state index in [0.717, 1.165) is 22.6 Å². The first-order chi connectivity index (χ1) is 15.7. The number of benzene rings is 3. The largest absolute Gasteiger partial charge is 0.489 e. The zero-order valence-electron chi connectivity index (χ0n) is 17.1. The minimum atomic E-state index is -0.361. The average Bonchev–Trinajstić information content (AvgIpc) is 3.25. The molecule has 0 fully saturated rings. The van der Waals surface area contributed by atoms with Gasteiger partial charge >= 0.3 is 0 Å². The highest BCUT2D eigenvalue weighted by Crippen LogP contribution is 2.27. The molecule has 2 heterocycles. The maximum absolute atomic E-state index is 14.0. The molecule has 0 aliphatic carbocycles. The Bertz CT molecular complexity index is 1380. The van der Waals surface area contributed by atoms with E-state index in [2.05, 4.69) is 9.97 Å². The lowest BCUT2D eigenvalue weighted by Crippen LogP contribution is -2.01. The Balaban J connectivity index is 1.41. The summed E-state index contributed by atoms with van der Waals surface area (Å²) in [6.45, 7) is 0.466. The Kier molecular flexibility index (Phi) is 5.57. The lowest BCUT2D eigenvalue weighted by molar-refractivity contribution is 0.303. The fourth-order valence-electron chi connectivity index (χ4n) is 3.59. The van der Waals surface area contributed by atoms with Crippen LogP contribution in [0.15, 0.2) is 84.9 Å². The molecule has 158 valence electrons. The minimum Gasteiger partial charge on any atom is -0.489 e. The van der Waals surface area contributed by atoms with Gasteiger partial charge in [-0.3, -0.25) is 0 Å². The number of rotatable bonds is 6. The van der Waals surface area contributed by atoms with E-state index in [0.29, 0.717) is 40.6 Å². The first-order valence-electron chi connectivity index (χ1n) is 10.2. The quantitative estimate of drug-likeness (QED) is 0.322. The number of aromatic amines is 1. The molecule has 0 saturated heterocycles. The van der Waals surface area contributed by atoms with E-state index in [1.807, 2.05) is 66.7 Å². The van der Waals surface area contributed by atoms with Gasteiger partial charge in [-0.2, -0.15) is 0 Å². The number of H-pyrrole nitrogens is 1. The van der Waals surface area contributed by atoms with Gasteiger partial charge in [0, 0.05) is 22.7 Å². The SMILES string of the molecule is Fc1cccc2[nH]c(-c3cccc(Cc4cc(Cl)ccc4OCc4ccccc4)n3)nc12. The van der Waals surface area contributed by atoms with Gasteiger partial charge in [0.05, 0.1) is 5.52 Å². The minimum absolute atomic E-state index is 0.307. The number of hydrogen-bond acceptors (Lipinski definition) is 3. The van der Waals surface area contributed by atoms with Gasteiger partial charge in [-0.1, -0.05) is 54.1 Å². The van der Waals surface area contributed by atoms with Crippen molar-refractivity contribution in [3.05, 3.63) is 113 Å². The molecule has 4 nitrogen and oxygen atoms in total. The van der Waals surface area contributed by atoms with Crippen molar-refractivity contribution in [3.8, 4) is 17.3 Å². The van der Waals surface area contributed by atoms with Crippen molar-refractivity contribution >= 4 is 22.6 Å². The molecule has 0 aliphatic heterocycles. The summed E-state index contributed by atoms with van der Waals surface area (Å²) in [6, 6.07) is 26.1. The number of hydrogen-bond donors (Lipinski definition) is 1. The van der Waals surface area contributed by atoms with Crippen molar-refractivity contribution < 1.29 is 9.13 Å². The molecule has 5 rings (SSSR count). The van der Waals surface area contributed by atoms with Crippen molar-refractivity contribution in [2.24, 2.45) is 0 Å². The lowest BCUT2D eigenvalue weighted by Gasteiger charge is -2.12. The number of nitrogens with zero attached hydrogens (tertiary/aromatic N) is 2. The first kappa shape index (κ1) is 20.2. The van der Waals surface area contributed by atoms with E-state index in [9.17, 15) is 4.39 Å². The van der Waals surface area contributed by atoms with Crippen molar-refractivity contribution in [1.82, 2.24) is 15.0 Å². The number of fused-ring (bicyclic) bond motifs is 1. The fourth-order valence-corrected chi connectivity index (χ4v) is 3.78. The maximum Gasteiger partial charge on any atom is 0.157 e. The Morgan fingerprint density at radius 3 is 2.56 bits per heavy atom. The molecule has 0 atom stereocenters. The molecule has 2 aromatic heterocycles. The summed E-state index contributed by atoms with van der Waals surface area (Å²) in [5, 5.41) is 0.635.